The maximum Gasteiger partial charge on any atom is 0.459 e. The topological polar surface area (TPSA) is 85.3 Å². The molecule has 0 aliphatic carbocycles. The number of nitrogens with zero attached hydrogens (tertiary/aromatic N) is 1. The van der Waals surface area contributed by atoms with Crippen molar-refractivity contribution in [3.63, 3.8) is 0 Å². The van der Waals surface area contributed by atoms with Crippen LogP contribution in [0.2, 0.25) is 0 Å². The molecule has 0 spiro atoms. The molecule has 1 rings (SSSR count). The summed E-state index contributed by atoms with van der Waals surface area (Å²) < 4.78 is 104. The number of amides is 1. The number of carboxylic acid groups (broad SMARTS) is 1. The van der Waals surface area contributed by atoms with Crippen molar-refractivity contribution in [3.8, 4) is 5.75 Å². The van der Waals surface area contributed by atoms with Crippen LogP contribution in [-0.2, 0) is 20.7 Å². The monoisotopic (exact) mass is 535 g/mol. The van der Waals surface area contributed by atoms with Crippen molar-refractivity contribution < 1.29 is 59.6 Å². The molecule has 14 heteroatoms. The fourth-order valence-electron chi connectivity index (χ4n) is 3.07. The highest BCUT2D eigenvalue weighted by molar-refractivity contribution is 5.72. The number of carbonyl (C=O) groups is 2. The van der Waals surface area contributed by atoms with Gasteiger partial charge in [0.1, 0.15) is 12.4 Å². The summed E-state index contributed by atoms with van der Waals surface area (Å²) >= 11 is 0. The second-order valence-corrected chi connectivity index (χ2v) is 7.67. The number of aliphatic carboxylic acids is 1. The van der Waals surface area contributed by atoms with E-state index in [0.717, 1.165) is 12.0 Å². The minimum Gasteiger partial charge on any atom is -0.492 e. The highest BCUT2D eigenvalue weighted by atomic mass is 19.4. The van der Waals surface area contributed by atoms with Gasteiger partial charge in [-0.05, 0) is 37.5 Å². The molecule has 36 heavy (non-hydrogen) atoms. The third-order valence-corrected chi connectivity index (χ3v) is 5.03. The van der Waals surface area contributed by atoms with E-state index in [1.54, 1.807) is 31.2 Å². The number of halogens is 7. The van der Waals surface area contributed by atoms with Gasteiger partial charge >= 0.3 is 30.1 Å². The quantitative estimate of drug-likeness (QED) is 0.247. The first-order valence-corrected chi connectivity index (χ1v) is 10.9. The van der Waals surface area contributed by atoms with Gasteiger partial charge in [0.15, 0.2) is 6.10 Å². The first-order valence-electron chi connectivity index (χ1n) is 10.9. The predicted octanol–water partition coefficient (Wildman–Crippen LogP) is 5.17. The van der Waals surface area contributed by atoms with E-state index in [9.17, 15) is 40.3 Å². The van der Waals surface area contributed by atoms with Gasteiger partial charge in [-0.3, -0.25) is 0 Å². The Morgan fingerprint density at radius 1 is 1.00 bits per heavy atom. The molecule has 0 saturated heterocycles. The van der Waals surface area contributed by atoms with Crippen LogP contribution in [0, 0.1) is 0 Å². The molecular weight excluding hydrogens is 507 g/mol. The van der Waals surface area contributed by atoms with E-state index < -0.39 is 49.0 Å². The number of hydrogen-bond donors (Lipinski definition) is 1. The molecule has 0 aliphatic rings. The molecule has 206 valence electrons. The van der Waals surface area contributed by atoms with Crippen molar-refractivity contribution in [1.82, 2.24) is 4.90 Å². The number of benzene rings is 1. The number of methoxy groups -OCH3 is 1. The number of unbranched alkanes of at least 4 members (excludes halogenated alkanes) is 1. The van der Waals surface area contributed by atoms with Gasteiger partial charge in [-0.15, -0.1) is 0 Å². The Hall–Kier alpha value is -2.77. The van der Waals surface area contributed by atoms with Crippen LogP contribution in [0.15, 0.2) is 24.3 Å². The van der Waals surface area contributed by atoms with E-state index in [2.05, 4.69) is 4.74 Å². The summed E-state index contributed by atoms with van der Waals surface area (Å²) in [6.45, 7) is 1.50. The lowest BCUT2D eigenvalue weighted by Gasteiger charge is -2.28. The zero-order valence-corrected chi connectivity index (χ0v) is 19.6. The van der Waals surface area contributed by atoms with Crippen molar-refractivity contribution in [1.29, 1.82) is 0 Å². The maximum atomic E-state index is 13.4. The van der Waals surface area contributed by atoms with Crippen LogP contribution in [0.5, 0.6) is 5.75 Å². The normalized spacial score (nSPS) is 13.2. The number of carbonyl (C=O) groups excluding carboxylic acids is 1. The largest absolute Gasteiger partial charge is 0.492 e. The van der Waals surface area contributed by atoms with Gasteiger partial charge in [0.2, 0.25) is 0 Å². The molecule has 0 heterocycles. The first kappa shape index (κ1) is 31.3. The highest BCUT2D eigenvalue weighted by Crippen LogP contribution is 2.48. The van der Waals surface area contributed by atoms with Gasteiger partial charge in [0, 0.05) is 26.0 Å². The van der Waals surface area contributed by atoms with E-state index in [4.69, 9.17) is 14.6 Å². The molecular formula is C22H28F7NO6. The van der Waals surface area contributed by atoms with Crippen LogP contribution in [0.1, 0.15) is 31.7 Å². The summed E-state index contributed by atoms with van der Waals surface area (Å²) in [5.41, 5.74) is 0.673. The van der Waals surface area contributed by atoms with Crippen LogP contribution in [0.4, 0.5) is 35.5 Å². The van der Waals surface area contributed by atoms with Crippen LogP contribution in [0.3, 0.4) is 0 Å². The van der Waals surface area contributed by atoms with Crippen molar-refractivity contribution in [3.05, 3.63) is 29.8 Å². The molecule has 1 aromatic carbocycles. The summed E-state index contributed by atoms with van der Waals surface area (Å²) in [7, 11) is 1.06. The zero-order chi connectivity index (χ0) is 27.6. The Labute approximate surface area is 203 Å². The molecule has 0 bridgehead atoms. The number of hydrogen-bond acceptors (Lipinski definition) is 5. The molecule has 0 saturated carbocycles. The average molecular weight is 535 g/mol. The van der Waals surface area contributed by atoms with Crippen molar-refractivity contribution in [2.75, 3.05) is 33.4 Å². The van der Waals surface area contributed by atoms with E-state index in [1.807, 2.05) is 0 Å². The fraction of sp³-hybridized carbons (Fsp3) is 0.636. The molecule has 1 atom stereocenters. The Balaban J connectivity index is 2.57. The van der Waals surface area contributed by atoms with E-state index in [1.165, 1.54) is 0 Å². The molecule has 7 nitrogen and oxygen atoms in total. The number of carboxylic acids is 1. The molecule has 1 N–H and O–H groups in total. The molecule has 1 amide bonds. The second kappa shape index (κ2) is 13.5. The predicted molar refractivity (Wildman–Crippen MR) is 112 cm³/mol. The minimum atomic E-state index is -6.38. The minimum absolute atomic E-state index is 0.0759. The maximum absolute atomic E-state index is 13.4. The van der Waals surface area contributed by atoms with Gasteiger partial charge in [0.05, 0.1) is 13.7 Å². The lowest BCUT2D eigenvalue weighted by Crippen LogP contribution is -2.51. The van der Waals surface area contributed by atoms with Gasteiger partial charge < -0.3 is 24.2 Å². The smallest absolute Gasteiger partial charge is 0.459 e. The third kappa shape index (κ3) is 9.03. The Morgan fingerprint density at radius 2 is 1.61 bits per heavy atom. The van der Waals surface area contributed by atoms with E-state index in [-0.39, 0.29) is 39.1 Å². The summed E-state index contributed by atoms with van der Waals surface area (Å²) in [5, 5.41) is 9.13. The molecule has 0 radical (unpaired) electrons. The lowest BCUT2D eigenvalue weighted by molar-refractivity contribution is -0.355. The summed E-state index contributed by atoms with van der Waals surface area (Å²) in [4.78, 5) is 24.1. The molecule has 1 unspecified atom stereocenters. The van der Waals surface area contributed by atoms with Crippen LogP contribution in [-0.4, -0.2) is 79.6 Å². The van der Waals surface area contributed by atoms with Crippen LogP contribution >= 0.6 is 0 Å². The zero-order valence-electron chi connectivity index (χ0n) is 19.6. The van der Waals surface area contributed by atoms with Crippen molar-refractivity contribution >= 4 is 12.1 Å². The van der Waals surface area contributed by atoms with Gasteiger partial charge in [-0.25, -0.2) is 9.59 Å². The molecule has 0 aliphatic heterocycles. The van der Waals surface area contributed by atoms with Gasteiger partial charge in [-0.1, -0.05) is 12.1 Å². The van der Waals surface area contributed by atoms with Crippen molar-refractivity contribution in [2.45, 2.75) is 56.7 Å². The van der Waals surface area contributed by atoms with Crippen LogP contribution in [0.25, 0.3) is 0 Å². The Morgan fingerprint density at radius 3 is 2.11 bits per heavy atom. The molecule has 1 aromatic rings. The summed E-state index contributed by atoms with van der Waals surface area (Å²) in [6, 6.07) is 6.37. The van der Waals surface area contributed by atoms with E-state index >= 15 is 0 Å². The first-order chi connectivity index (χ1) is 16.7. The Bertz CT molecular complexity index is 833. The van der Waals surface area contributed by atoms with Gasteiger partial charge in [-0.2, -0.15) is 30.7 Å². The van der Waals surface area contributed by atoms with Gasteiger partial charge in [0.25, 0.3) is 0 Å². The summed E-state index contributed by atoms with van der Waals surface area (Å²) in [6.07, 6.45) is -10.8. The fourth-order valence-corrected chi connectivity index (χ4v) is 3.07. The van der Waals surface area contributed by atoms with Crippen molar-refractivity contribution in [2.24, 2.45) is 0 Å². The lowest BCUT2D eigenvalue weighted by atomic mass is 10.0. The molecule has 0 fully saturated rings. The average Bonchev–Trinajstić information content (AvgIpc) is 2.79. The number of alkyl halides is 7. The van der Waals surface area contributed by atoms with Crippen LogP contribution < -0.4 is 4.74 Å². The second-order valence-electron chi connectivity index (χ2n) is 7.67. The molecule has 0 aromatic heterocycles. The Kier molecular flexibility index (Phi) is 11.7. The third-order valence-electron chi connectivity index (χ3n) is 5.03. The number of rotatable bonds is 15. The number of ether oxygens (including phenoxy) is 3. The highest BCUT2D eigenvalue weighted by Gasteiger charge is 2.72. The van der Waals surface area contributed by atoms with E-state index in [0.29, 0.717) is 11.3 Å². The summed E-state index contributed by atoms with van der Waals surface area (Å²) in [5.74, 6) is -12.2. The standard InChI is InChI=1S/C22H28F7NO6/c1-3-35-17(18(31)32)14-15-6-8-16(9-7-15)36-13-12-30(19(33)34-2)11-5-4-10-20(23,24)21(25,26)22(27,28)29/h6-9,17H,3-5,10-14H2,1-2H3,(H,31,32). The SMILES string of the molecule is CCOC(Cc1ccc(OCCN(CCCCC(F)(F)C(F)(F)C(F)(F)F)C(=O)OC)cc1)C(=O)O.